The second kappa shape index (κ2) is 5.18. The maximum absolute atomic E-state index is 11.9. The van der Waals surface area contributed by atoms with Crippen LogP contribution in [0.2, 0.25) is 0 Å². The molecular formula is C11H13NO5S. The number of aromatic carboxylic acids is 1. The van der Waals surface area contributed by atoms with Crippen LogP contribution in [0, 0.1) is 5.92 Å². The highest BCUT2D eigenvalue weighted by Crippen LogP contribution is 2.16. The van der Waals surface area contributed by atoms with Crippen molar-refractivity contribution in [2.24, 2.45) is 11.7 Å². The maximum Gasteiger partial charge on any atom is 0.335 e. The van der Waals surface area contributed by atoms with Gasteiger partial charge >= 0.3 is 5.97 Å². The van der Waals surface area contributed by atoms with Crippen molar-refractivity contribution < 1.29 is 23.1 Å². The molecule has 6 nitrogen and oxygen atoms in total. The number of amides is 1. The minimum atomic E-state index is -3.72. The van der Waals surface area contributed by atoms with Crippen molar-refractivity contribution in [2.75, 3.05) is 5.75 Å². The molecule has 98 valence electrons. The molecule has 0 aromatic heterocycles. The van der Waals surface area contributed by atoms with Crippen LogP contribution >= 0.6 is 0 Å². The van der Waals surface area contributed by atoms with E-state index in [4.69, 9.17) is 10.8 Å². The lowest BCUT2D eigenvalue weighted by Crippen LogP contribution is -2.27. The molecule has 0 spiro atoms. The second-order valence-corrected chi connectivity index (χ2v) is 5.95. The van der Waals surface area contributed by atoms with Gasteiger partial charge in [0.05, 0.1) is 16.2 Å². The van der Waals surface area contributed by atoms with Crippen LogP contribution in [0.4, 0.5) is 0 Å². The Labute approximate surface area is 104 Å². The first-order valence-corrected chi connectivity index (χ1v) is 6.74. The number of carbonyl (C=O) groups is 2. The number of sulfone groups is 1. The van der Waals surface area contributed by atoms with Crippen LogP contribution in [0.5, 0.6) is 0 Å². The Hall–Kier alpha value is -1.89. The monoisotopic (exact) mass is 271 g/mol. The Morgan fingerprint density at radius 2 is 2.00 bits per heavy atom. The molecule has 0 aliphatic rings. The molecule has 1 amide bonds. The van der Waals surface area contributed by atoms with Gasteiger partial charge in [-0.25, -0.2) is 13.2 Å². The van der Waals surface area contributed by atoms with Gasteiger partial charge in [0.15, 0.2) is 9.84 Å². The summed E-state index contributed by atoms with van der Waals surface area (Å²) >= 11 is 0. The third-order valence-electron chi connectivity index (χ3n) is 2.40. The van der Waals surface area contributed by atoms with Crippen molar-refractivity contribution in [3.05, 3.63) is 29.8 Å². The molecule has 1 rings (SSSR count). The van der Waals surface area contributed by atoms with Gasteiger partial charge in [0.25, 0.3) is 0 Å². The Morgan fingerprint density at radius 1 is 1.39 bits per heavy atom. The highest BCUT2D eigenvalue weighted by molar-refractivity contribution is 7.91. The van der Waals surface area contributed by atoms with E-state index in [1.165, 1.54) is 25.1 Å². The number of primary amides is 1. The zero-order chi connectivity index (χ0) is 13.9. The van der Waals surface area contributed by atoms with E-state index in [1.807, 2.05) is 0 Å². The van der Waals surface area contributed by atoms with Gasteiger partial charge in [-0.1, -0.05) is 13.0 Å². The van der Waals surface area contributed by atoms with E-state index in [0.29, 0.717) is 0 Å². The summed E-state index contributed by atoms with van der Waals surface area (Å²) in [7, 11) is -3.72. The quantitative estimate of drug-likeness (QED) is 0.798. The minimum absolute atomic E-state index is 0.122. The highest BCUT2D eigenvalue weighted by atomic mass is 32.2. The van der Waals surface area contributed by atoms with Gasteiger partial charge in [0.1, 0.15) is 0 Å². The van der Waals surface area contributed by atoms with Gasteiger partial charge in [-0.05, 0) is 18.2 Å². The fourth-order valence-electron chi connectivity index (χ4n) is 1.33. The molecule has 18 heavy (non-hydrogen) atoms. The largest absolute Gasteiger partial charge is 0.478 e. The lowest BCUT2D eigenvalue weighted by Gasteiger charge is -2.09. The van der Waals surface area contributed by atoms with E-state index < -0.39 is 33.4 Å². The Bertz CT molecular complexity index is 579. The van der Waals surface area contributed by atoms with Crippen molar-refractivity contribution in [2.45, 2.75) is 11.8 Å². The topological polar surface area (TPSA) is 115 Å². The molecule has 0 heterocycles. The van der Waals surface area contributed by atoms with Crippen LogP contribution in [-0.4, -0.2) is 31.2 Å². The van der Waals surface area contributed by atoms with Crippen LogP contribution in [0.1, 0.15) is 17.3 Å². The standard InChI is InChI=1S/C11H13NO5S/c1-7(10(12)13)6-18(16,17)9-4-2-3-8(5-9)11(14)15/h2-5,7H,6H2,1H3,(H2,12,13)(H,14,15). The molecular weight excluding hydrogens is 258 g/mol. The molecule has 1 aromatic rings. The van der Waals surface area contributed by atoms with Crippen LogP contribution in [0.3, 0.4) is 0 Å². The summed E-state index contributed by atoms with van der Waals surface area (Å²) in [6.07, 6.45) is 0. The zero-order valence-electron chi connectivity index (χ0n) is 9.66. The van der Waals surface area contributed by atoms with Crippen molar-refractivity contribution in [3.63, 3.8) is 0 Å². The van der Waals surface area contributed by atoms with E-state index in [2.05, 4.69) is 0 Å². The summed E-state index contributed by atoms with van der Waals surface area (Å²) in [5.74, 6) is -3.20. The van der Waals surface area contributed by atoms with Crippen LogP contribution in [0.25, 0.3) is 0 Å². The molecule has 0 saturated carbocycles. The zero-order valence-corrected chi connectivity index (χ0v) is 10.5. The maximum atomic E-state index is 11.9. The molecule has 1 aromatic carbocycles. The van der Waals surface area contributed by atoms with Crippen molar-refractivity contribution in [3.8, 4) is 0 Å². The van der Waals surface area contributed by atoms with Crippen molar-refractivity contribution in [1.82, 2.24) is 0 Å². The number of carboxylic acid groups (broad SMARTS) is 1. The number of nitrogens with two attached hydrogens (primary N) is 1. The third kappa shape index (κ3) is 3.30. The van der Waals surface area contributed by atoms with E-state index >= 15 is 0 Å². The van der Waals surface area contributed by atoms with Crippen LogP contribution in [0.15, 0.2) is 29.2 Å². The van der Waals surface area contributed by atoms with Gasteiger partial charge in [0.2, 0.25) is 5.91 Å². The Kier molecular flexibility index (Phi) is 4.07. The Balaban J connectivity index is 3.09. The summed E-state index contributed by atoms with van der Waals surface area (Å²) in [4.78, 5) is 21.5. The van der Waals surface area contributed by atoms with Gasteiger partial charge in [-0.15, -0.1) is 0 Å². The normalized spacial score (nSPS) is 12.9. The van der Waals surface area contributed by atoms with Crippen molar-refractivity contribution >= 4 is 21.7 Å². The molecule has 7 heteroatoms. The summed E-state index contributed by atoms with van der Waals surface area (Å²) < 4.78 is 23.8. The molecule has 0 saturated heterocycles. The van der Waals surface area contributed by atoms with E-state index in [0.717, 1.165) is 6.07 Å². The molecule has 0 aliphatic carbocycles. The van der Waals surface area contributed by atoms with Gasteiger partial charge in [-0.2, -0.15) is 0 Å². The summed E-state index contributed by atoms with van der Waals surface area (Å²) in [5.41, 5.74) is 4.88. The molecule has 0 bridgehead atoms. The predicted octanol–water partition coefficient (Wildman–Crippen LogP) is 0.280. The number of hydrogen-bond donors (Lipinski definition) is 2. The smallest absolute Gasteiger partial charge is 0.335 e. The molecule has 3 N–H and O–H groups in total. The van der Waals surface area contributed by atoms with Gasteiger partial charge in [0, 0.05) is 5.92 Å². The number of rotatable bonds is 5. The van der Waals surface area contributed by atoms with Gasteiger partial charge < -0.3 is 10.8 Å². The molecule has 0 aliphatic heterocycles. The molecule has 0 radical (unpaired) electrons. The van der Waals surface area contributed by atoms with E-state index in [9.17, 15) is 18.0 Å². The first kappa shape index (κ1) is 14.2. The number of hydrogen-bond acceptors (Lipinski definition) is 4. The van der Waals surface area contributed by atoms with Crippen LogP contribution in [-0.2, 0) is 14.6 Å². The highest BCUT2D eigenvalue weighted by Gasteiger charge is 2.22. The summed E-state index contributed by atoms with van der Waals surface area (Å²) in [6, 6.07) is 4.98. The molecule has 1 atom stereocenters. The average Bonchev–Trinajstić information content (AvgIpc) is 2.28. The first-order valence-electron chi connectivity index (χ1n) is 5.09. The average molecular weight is 271 g/mol. The minimum Gasteiger partial charge on any atom is -0.478 e. The lowest BCUT2D eigenvalue weighted by molar-refractivity contribution is -0.120. The Morgan fingerprint density at radius 3 is 2.50 bits per heavy atom. The fourth-order valence-corrected chi connectivity index (χ4v) is 2.94. The number of carbonyl (C=O) groups excluding carboxylic acids is 1. The van der Waals surface area contributed by atoms with Crippen LogP contribution < -0.4 is 5.73 Å². The predicted molar refractivity (Wildman–Crippen MR) is 63.8 cm³/mol. The van der Waals surface area contributed by atoms with E-state index in [-0.39, 0.29) is 10.5 Å². The summed E-state index contributed by atoms with van der Waals surface area (Å²) in [6.45, 7) is 1.40. The number of benzene rings is 1. The van der Waals surface area contributed by atoms with E-state index in [1.54, 1.807) is 0 Å². The lowest BCUT2D eigenvalue weighted by atomic mass is 10.2. The van der Waals surface area contributed by atoms with Gasteiger partial charge in [-0.3, -0.25) is 4.79 Å². The third-order valence-corrected chi connectivity index (χ3v) is 4.31. The van der Waals surface area contributed by atoms with Crippen molar-refractivity contribution in [1.29, 1.82) is 0 Å². The fraction of sp³-hybridized carbons (Fsp3) is 0.273. The molecule has 0 fully saturated rings. The SMILES string of the molecule is CC(CS(=O)(=O)c1cccc(C(=O)O)c1)C(N)=O. The second-order valence-electron chi connectivity index (χ2n) is 3.92. The summed E-state index contributed by atoms with van der Waals surface area (Å²) in [5, 5.41) is 8.78. The number of carboxylic acids is 1. The molecule has 1 unspecified atom stereocenters. The first-order chi connectivity index (χ1) is 8.24.